The van der Waals surface area contributed by atoms with Crippen molar-refractivity contribution in [3.05, 3.63) is 36.3 Å². The highest BCUT2D eigenvalue weighted by Gasteiger charge is 2.17. The van der Waals surface area contributed by atoms with Crippen LogP contribution in [0.1, 0.15) is 11.4 Å². The molecule has 0 aliphatic rings. The average molecular weight is 356 g/mol. The lowest BCUT2D eigenvalue weighted by molar-refractivity contribution is 0.151. The molecule has 130 valence electrons. The first-order valence-corrected chi connectivity index (χ1v) is 8.61. The summed E-state index contributed by atoms with van der Waals surface area (Å²) in [7, 11) is 1.63. The lowest BCUT2D eigenvalue weighted by Crippen LogP contribution is -2.21. The number of nitrogens with one attached hydrogen (secondary N) is 1. The fourth-order valence-corrected chi connectivity index (χ4v) is 3.60. The Balaban J connectivity index is 1.94. The molecule has 7 nitrogen and oxygen atoms in total. The molecule has 0 spiro atoms. The Labute approximate surface area is 150 Å². The van der Waals surface area contributed by atoms with E-state index < -0.39 is 0 Å². The van der Waals surface area contributed by atoms with Crippen LogP contribution in [-0.2, 0) is 4.74 Å². The predicted molar refractivity (Wildman–Crippen MR) is 102 cm³/mol. The maximum Gasteiger partial charge on any atom is 0.224 e. The van der Waals surface area contributed by atoms with Gasteiger partial charge in [0.05, 0.1) is 27.8 Å². The van der Waals surface area contributed by atoms with E-state index in [2.05, 4.69) is 31.8 Å². The maximum atomic E-state index is 6.19. The molecule has 0 radical (unpaired) electrons. The molecule has 3 heterocycles. The second kappa shape index (κ2) is 7.12. The van der Waals surface area contributed by atoms with Gasteiger partial charge in [-0.25, -0.2) is 9.97 Å². The molecule has 0 aromatic carbocycles. The summed E-state index contributed by atoms with van der Waals surface area (Å²) in [4.78, 5) is 17.8. The first kappa shape index (κ1) is 17.2. The highest BCUT2D eigenvalue weighted by molar-refractivity contribution is 7.21. The van der Waals surface area contributed by atoms with Crippen molar-refractivity contribution in [2.75, 3.05) is 24.7 Å². The third kappa shape index (κ3) is 3.45. The molecule has 0 saturated heterocycles. The number of thiazole rings is 1. The predicted octanol–water partition coefficient (Wildman–Crippen LogP) is 2.96. The molecule has 0 aliphatic carbocycles. The van der Waals surface area contributed by atoms with Crippen molar-refractivity contribution in [1.82, 2.24) is 19.9 Å². The second-order valence-electron chi connectivity index (χ2n) is 5.55. The van der Waals surface area contributed by atoms with Crippen LogP contribution in [0, 0.1) is 13.8 Å². The van der Waals surface area contributed by atoms with Gasteiger partial charge in [0.1, 0.15) is 16.3 Å². The van der Waals surface area contributed by atoms with Gasteiger partial charge in [0.2, 0.25) is 5.95 Å². The summed E-state index contributed by atoms with van der Waals surface area (Å²) >= 11 is 1.56. The molecule has 0 aliphatic heterocycles. The van der Waals surface area contributed by atoms with Crippen molar-refractivity contribution in [3.8, 4) is 10.6 Å². The summed E-state index contributed by atoms with van der Waals surface area (Å²) in [6.45, 7) is 8.08. The maximum absolute atomic E-state index is 6.19. The average Bonchev–Trinajstić information content (AvgIpc) is 3.00. The van der Waals surface area contributed by atoms with Gasteiger partial charge in [0.15, 0.2) is 0 Å². The van der Waals surface area contributed by atoms with E-state index in [1.807, 2.05) is 19.9 Å². The van der Waals surface area contributed by atoms with Gasteiger partial charge in [-0.15, -0.1) is 17.9 Å². The summed E-state index contributed by atoms with van der Waals surface area (Å²) in [6.07, 6.45) is 3.38. The SMILES string of the molecule is C=C[C@H](CNc1nc(C)c(-c2nc3c(C)nccc3s2)c(N)n1)OC. The molecule has 8 heteroatoms. The molecule has 0 amide bonds. The van der Waals surface area contributed by atoms with Crippen LogP contribution in [0.3, 0.4) is 0 Å². The summed E-state index contributed by atoms with van der Waals surface area (Å²) in [5.74, 6) is 0.855. The lowest BCUT2D eigenvalue weighted by atomic mass is 10.2. The number of fused-ring (bicyclic) bond motifs is 1. The molecule has 3 aromatic heterocycles. The topological polar surface area (TPSA) is 98.8 Å². The van der Waals surface area contributed by atoms with Crippen molar-refractivity contribution in [2.45, 2.75) is 20.0 Å². The van der Waals surface area contributed by atoms with Crippen LogP contribution < -0.4 is 11.1 Å². The van der Waals surface area contributed by atoms with E-state index in [1.165, 1.54) is 0 Å². The number of anilines is 2. The first-order chi connectivity index (χ1) is 12.0. The van der Waals surface area contributed by atoms with Crippen molar-refractivity contribution in [3.63, 3.8) is 0 Å². The highest BCUT2D eigenvalue weighted by atomic mass is 32.1. The molecular formula is C17H20N6OS. The quantitative estimate of drug-likeness (QED) is 0.655. The van der Waals surface area contributed by atoms with Crippen molar-refractivity contribution in [1.29, 1.82) is 0 Å². The molecule has 3 N–H and O–H groups in total. The summed E-state index contributed by atoms with van der Waals surface area (Å²) in [6, 6.07) is 1.95. The number of methoxy groups -OCH3 is 1. The van der Waals surface area contributed by atoms with Gasteiger partial charge in [-0.3, -0.25) is 4.98 Å². The Morgan fingerprint density at radius 3 is 2.76 bits per heavy atom. The van der Waals surface area contributed by atoms with Gasteiger partial charge in [0, 0.05) is 19.9 Å². The number of hydrogen-bond donors (Lipinski definition) is 2. The minimum atomic E-state index is -0.121. The molecule has 0 unspecified atom stereocenters. The second-order valence-corrected chi connectivity index (χ2v) is 6.58. The fraction of sp³-hybridized carbons (Fsp3) is 0.294. The number of nitrogen functional groups attached to an aromatic ring is 1. The number of nitrogens with two attached hydrogens (primary N) is 1. The molecule has 0 fully saturated rings. The largest absolute Gasteiger partial charge is 0.383 e. The summed E-state index contributed by atoms with van der Waals surface area (Å²) < 4.78 is 6.31. The standard InChI is InChI=1S/C17H20N6OS/c1-5-11(24-4)8-20-17-21-9(2)13(15(18)23-17)16-22-14-10(3)19-7-6-12(14)25-16/h5-7,11H,1,8H2,2-4H3,(H3,18,20,21,23)/t11-/m1/s1. The zero-order chi connectivity index (χ0) is 18.0. The van der Waals surface area contributed by atoms with E-state index in [1.54, 1.807) is 30.7 Å². The third-order valence-corrected chi connectivity index (χ3v) is 4.89. The first-order valence-electron chi connectivity index (χ1n) is 7.79. The minimum Gasteiger partial charge on any atom is -0.383 e. The number of ether oxygens (including phenoxy) is 1. The molecule has 1 atom stereocenters. The van der Waals surface area contributed by atoms with Gasteiger partial charge in [-0.2, -0.15) is 4.98 Å². The molecule has 3 rings (SSSR count). The Bertz CT molecular complexity index is 900. The Morgan fingerprint density at radius 2 is 2.12 bits per heavy atom. The van der Waals surface area contributed by atoms with Crippen LogP contribution in [0.4, 0.5) is 11.8 Å². The molecule has 25 heavy (non-hydrogen) atoms. The molecule has 0 bridgehead atoms. The van der Waals surface area contributed by atoms with Crippen LogP contribution in [-0.4, -0.2) is 39.7 Å². The van der Waals surface area contributed by atoms with Crippen molar-refractivity contribution < 1.29 is 4.74 Å². The monoisotopic (exact) mass is 356 g/mol. The summed E-state index contributed by atoms with van der Waals surface area (Å²) in [5, 5.41) is 3.92. The van der Waals surface area contributed by atoms with Crippen LogP contribution >= 0.6 is 11.3 Å². The van der Waals surface area contributed by atoms with Crippen LogP contribution in [0.2, 0.25) is 0 Å². The van der Waals surface area contributed by atoms with Gasteiger partial charge < -0.3 is 15.8 Å². The lowest BCUT2D eigenvalue weighted by Gasteiger charge is -2.13. The minimum absolute atomic E-state index is 0.121. The molecular weight excluding hydrogens is 336 g/mol. The van der Waals surface area contributed by atoms with E-state index in [0.29, 0.717) is 18.3 Å². The van der Waals surface area contributed by atoms with Crippen LogP contribution in [0.5, 0.6) is 0 Å². The number of hydrogen-bond acceptors (Lipinski definition) is 8. The Hall–Kier alpha value is -2.58. The van der Waals surface area contributed by atoms with E-state index in [9.17, 15) is 0 Å². The van der Waals surface area contributed by atoms with E-state index in [4.69, 9.17) is 10.5 Å². The van der Waals surface area contributed by atoms with Crippen molar-refractivity contribution >= 4 is 33.3 Å². The third-order valence-electron chi connectivity index (χ3n) is 3.85. The number of pyridine rings is 1. The van der Waals surface area contributed by atoms with E-state index in [0.717, 1.165) is 32.2 Å². The number of rotatable bonds is 6. The van der Waals surface area contributed by atoms with Crippen LogP contribution in [0.15, 0.2) is 24.9 Å². The Kier molecular flexibility index (Phi) is 4.91. The number of aromatic nitrogens is 4. The number of aryl methyl sites for hydroxylation is 2. The summed E-state index contributed by atoms with van der Waals surface area (Å²) in [5.41, 5.74) is 9.51. The smallest absolute Gasteiger partial charge is 0.224 e. The fourth-order valence-electron chi connectivity index (χ4n) is 2.48. The molecule has 0 saturated carbocycles. The van der Waals surface area contributed by atoms with E-state index >= 15 is 0 Å². The number of nitrogens with zero attached hydrogens (tertiary/aromatic N) is 4. The van der Waals surface area contributed by atoms with Gasteiger partial charge in [0.25, 0.3) is 0 Å². The van der Waals surface area contributed by atoms with Gasteiger partial charge in [-0.1, -0.05) is 6.08 Å². The van der Waals surface area contributed by atoms with Gasteiger partial charge in [-0.05, 0) is 19.9 Å². The highest BCUT2D eigenvalue weighted by Crippen LogP contribution is 2.35. The Morgan fingerprint density at radius 1 is 1.32 bits per heavy atom. The van der Waals surface area contributed by atoms with E-state index in [-0.39, 0.29) is 6.10 Å². The zero-order valence-corrected chi connectivity index (χ0v) is 15.2. The normalized spacial score (nSPS) is 12.3. The van der Waals surface area contributed by atoms with Gasteiger partial charge >= 0.3 is 0 Å². The zero-order valence-electron chi connectivity index (χ0n) is 14.4. The van der Waals surface area contributed by atoms with Crippen molar-refractivity contribution in [2.24, 2.45) is 0 Å². The molecule has 3 aromatic rings. The van der Waals surface area contributed by atoms with Crippen LogP contribution in [0.25, 0.3) is 20.8 Å².